The molecule has 12 heteroatoms. The van der Waals surface area contributed by atoms with Gasteiger partial charge in [-0.25, -0.2) is 9.59 Å². The van der Waals surface area contributed by atoms with Gasteiger partial charge in [-0.15, -0.1) is 0 Å². The maximum atomic E-state index is 13.2. The second-order valence-electron chi connectivity index (χ2n) is 10.5. The number of aromatic nitrogens is 2. The molecule has 0 unspecified atom stereocenters. The monoisotopic (exact) mass is 563 g/mol. The minimum absolute atomic E-state index is 0.0355. The van der Waals surface area contributed by atoms with Gasteiger partial charge in [0.25, 0.3) is 5.91 Å². The van der Waals surface area contributed by atoms with E-state index in [0.29, 0.717) is 17.5 Å². The van der Waals surface area contributed by atoms with Crippen LogP contribution in [0.5, 0.6) is 0 Å². The summed E-state index contributed by atoms with van der Waals surface area (Å²) in [6.45, 7) is 8.04. The maximum absolute atomic E-state index is 13.2. The quantitative estimate of drug-likeness (QED) is 0.205. The summed E-state index contributed by atoms with van der Waals surface area (Å²) in [6.07, 6.45) is 1.68. The Hall–Kier alpha value is -4.61. The lowest BCUT2D eigenvalue weighted by molar-refractivity contribution is -0.157. The zero-order valence-electron chi connectivity index (χ0n) is 23.6. The first kappa shape index (κ1) is 29.4. The van der Waals surface area contributed by atoms with Gasteiger partial charge >= 0.3 is 12.1 Å². The van der Waals surface area contributed by atoms with Crippen LogP contribution in [-0.4, -0.2) is 71.5 Å². The van der Waals surface area contributed by atoms with Gasteiger partial charge in [0.05, 0.1) is 23.8 Å². The van der Waals surface area contributed by atoms with E-state index < -0.39 is 29.6 Å². The highest BCUT2D eigenvalue weighted by Crippen LogP contribution is 2.19. The number of ether oxygens (including phenoxy) is 2. The van der Waals surface area contributed by atoms with Crippen molar-refractivity contribution in [1.82, 2.24) is 31.0 Å². The zero-order valence-corrected chi connectivity index (χ0v) is 23.6. The predicted octanol–water partition coefficient (Wildman–Crippen LogP) is 2.34. The molecule has 4 N–H and O–H groups in total. The normalized spacial score (nSPS) is 13.6. The molecule has 41 heavy (non-hydrogen) atoms. The number of alkyl carbamates (subject to hydrolysis) is 1. The topological polar surface area (TPSA) is 148 Å². The number of carbonyl (C=O) groups is 3. The van der Waals surface area contributed by atoms with Gasteiger partial charge in [-0.1, -0.05) is 36.4 Å². The Morgan fingerprint density at radius 1 is 1.10 bits per heavy atom. The average Bonchev–Trinajstić information content (AvgIpc) is 3.61. The molecule has 0 bridgehead atoms. The number of nitrogens with one attached hydrogen (secondary N) is 4. The molecule has 0 saturated carbocycles. The van der Waals surface area contributed by atoms with Crippen LogP contribution in [0.15, 0.2) is 59.7 Å². The highest BCUT2D eigenvalue weighted by atomic mass is 16.6. The lowest BCUT2D eigenvalue weighted by Crippen LogP contribution is -2.50. The molecule has 2 amide bonds. The van der Waals surface area contributed by atoms with Gasteiger partial charge in [-0.05, 0) is 44.9 Å². The van der Waals surface area contributed by atoms with Gasteiger partial charge in [0.1, 0.15) is 18.2 Å². The smallest absolute Gasteiger partial charge is 0.408 e. The first-order valence-corrected chi connectivity index (χ1v) is 13.6. The van der Waals surface area contributed by atoms with E-state index in [1.165, 1.54) is 0 Å². The van der Waals surface area contributed by atoms with Crippen LogP contribution in [-0.2, 0) is 27.4 Å². The van der Waals surface area contributed by atoms with Crippen LogP contribution in [0.4, 0.5) is 4.79 Å². The second-order valence-corrected chi connectivity index (χ2v) is 10.5. The summed E-state index contributed by atoms with van der Waals surface area (Å²) in [6, 6.07) is 13.4. The number of aryl methyl sites for hydroxylation is 1. The molecular formula is C29H37N7O5. The molecule has 4 rings (SSSR count). The molecule has 2 heterocycles. The van der Waals surface area contributed by atoms with Crippen molar-refractivity contribution in [3.63, 3.8) is 0 Å². The van der Waals surface area contributed by atoms with Crippen molar-refractivity contribution in [3.05, 3.63) is 65.9 Å². The third-order valence-corrected chi connectivity index (χ3v) is 6.11. The van der Waals surface area contributed by atoms with Crippen molar-refractivity contribution in [2.45, 2.75) is 52.0 Å². The van der Waals surface area contributed by atoms with Crippen LogP contribution in [0, 0.1) is 0 Å². The fraction of sp³-hybridized carbons (Fsp3) is 0.414. The summed E-state index contributed by atoms with van der Waals surface area (Å²) in [7, 11) is 0. The Bertz CT molecular complexity index is 1380. The highest BCUT2D eigenvalue weighted by Gasteiger charge is 2.28. The Balaban J connectivity index is 1.37. The Morgan fingerprint density at radius 2 is 1.90 bits per heavy atom. The predicted molar refractivity (Wildman–Crippen MR) is 154 cm³/mol. The molecule has 1 aromatic heterocycles. The molecular weight excluding hydrogens is 526 g/mol. The van der Waals surface area contributed by atoms with Crippen molar-refractivity contribution in [3.8, 4) is 0 Å². The van der Waals surface area contributed by atoms with E-state index in [2.05, 4.69) is 31.4 Å². The van der Waals surface area contributed by atoms with E-state index in [9.17, 15) is 14.4 Å². The van der Waals surface area contributed by atoms with Gasteiger partial charge in [-0.2, -0.15) is 5.10 Å². The third kappa shape index (κ3) is 8.69. The second kappa shape index (κ2) is 13.6. The summed E-state index contributed by atoms with van der Waals surface area (Å²) in [4.78, 5) is 42.9. The molecule has 0 aliphatic carbocycles. The Morgan fingerprint density at radius 3 is 2.63 bits per heavy atom. The summed E-state index contributed by atoms with van der Waals surface area (Å²) in [5, 5.41) is 16.9. The number of guanidine groups is 1. The average molecular weight is 564 g/mol. The molecule has 1 atom stereocenters. The lowest BCUT2D eigenvalue weighted by Gasteiger charge is -2.24. The van der Waals surface area contributed by atoms with Crippen LogP contribution in [0.2, 0.25) is 0 Å². The molecule has 0 radical (unpaired) electrons. The van der Waals surface area contributed by atoms with Gasteiger partial charge in [0.15, 0.2) is 5.96 Å². The summed E-state index contributed by atoms with van der Waals surface area (Å²) in [5.41, 5.74) is 1.24. The fourth-order valence-electron chi connectivity index (χ4n) is 4.19. The third-order valence-electron chi connectivity index (χ3n) is 6.11. The number of carbonyl (C=O) groups excluding carboxylic acids is 3. The van der Waals surface area contributed by atoms with E-state index in [1.807, 2.05) is 41.1 Å². The Kier molecular flexibility index (Phi) is 9.77. The zero-order chi connectivity index (χ0) is 29.2. The minimum Gasteiger partial charge on any atom is -0.458 e. The van der Waals surface area contributed by atoms with Gasteiger partial charge in [0.2, 0.25) is 0 Å². The Labute approximate surface area is 238 Å². The molecule has 0 fully saturated rings. The SMILES string of the molecule is CC(C)(C)OC(=O)[C@H](CNC(=O)c1cccc2c1cnn2CCCNC1=NCCN1)NC(=O)OCc1ccccc1. The number of fused-ring (bicyclic) bond motifs is 1. The largest absolute Gasteiger partial charge is 0.458 e. The van der Waals surface area contributed by atoms with Crippen LogP contribution in [0.3, 0.4) is 0 Å². The van der Waals surface area contributed by atoms with Crippen LogP contribution < -0.4 is 21.3 Å². The first-order chi connectivity index (χ1) is 19.7. The molecule has 218 valence electrons. The molecule has 0 spiro atoms. The van der Waals surface area contributed by atoms with Crippen molar-refractivity contribution in [2.24, 2.45) is 4.99 Å². The molecule has 12 nitrogen and oxygen atoms in total. The number of hydrogen-bond acceptors (Lipinski definition) is 9. The van der Waals surface area contributed by atoms with E-state index in [4.69, 9.17) is 9.47 Å². The molecule has 1 aliphatic rings. The molecule has 3 aromatic rings. The number of hydrogen-bond donors (Lipinski definition) is 4. The summed E-state index contributed by atoms with van der Waals surface area (Å²) < 4.78 is 12.6. The van der Waals surface area contributed by atoms with Crippen LogP contribution >= 0.6 is 0 Å². The van der Waals surface area contributed by atoms with Gasteiger partial charge in [-0.3, -0.25) is 14.5 Å². The molecule has 2 aromatic carbocycles. The minimum atomic E-state index is -1.16. The van der Waals surface area contributed by atoms with E-state index in [1.54, 1.807) is 39.1 Å². The number of amides is 2. The number of esters is 1. The standard InChI is InChI=1S/C29H37N7O5/c1-29(2,3)41-26(38)23(35-28(39)40-19-20-9-5-4-6-10-20)18-33-25(37)21-11-7-12-24-22(21)17-34-36(24)16-8-13-30-27-31-14-15-32-27/h4-7,9-12,17,23H,8,13-16,18-19H2,1-3H3,(H,33,37)(H,35,39)(H2,30,31,32)/t23-/m0/s1. The first-order valence-electron chi connectivity index (χ1n) is 13.6. The summed E-state index contributed by atoms with van der Waals surface area (Å²) in [5.74, 6) is -0.277. The van der Waals surface area contributed by atoms with E-state index in [0.717, 1.165) is 43.1 Å². The van der Waals surface area contributed by atoms with Crippen LogP contribution in [0.25, 0.3) is 10.9 Å². The van der Waals surface area contributed by atoms with Gasteiger partial charge in [0, 0.05) is 31.6 Å². The summed E-state index contributed by atoms with van der Waals surface area (Å²) >= 11 is 0. The number of aliphatic imine (C=N–C) groups is 1. The number of rotatable bonds is 11. The van der Waals surface area contributed by atoms with Gasteiger partial charge < -0.3 is 30.7 Å². The van der Waals surface area contributed by atoms with Crippen molar-refractivity contribution < 1.29 is 23.9 Å². The highest BCUT2D eigenvalue weighted by molar-refractivity contribution is 6.06. The number of benzene rings is 2. The van der Waals surface area contributed by atoms with E-state index in [-0.39, 0.29) is 13.2 Å². The lowest BCUT2D eigenvalue weighted by atomic mass is 10.1. The molecule has 0 saturated heterocycles. The van der Waals surface area contributed by atoms with Crippen molar-refractivity contribution in [1.29, 1.82) is 0 Å². The fourth-order valence-corrected chi connectivity index (χ4v) is 4.19. The van der Waals surface area contributed by atoms with Crippen molar-refractivity contribution in [2.75, 3.05) is 26.2 Å². The maximum Gasteiger partial charge on any atom is 0.408 e. The van der Waals surface area contributed by atoms with E-state index >= 15 is 0 Å². The van der Waals surface area contributed by atoms with Crippen molar-refractivity contribution >= 4 is 34.8 Å². The van der Waals surface area contributed by atoms with Crippen LogP contribution in [0.1, 0.15) is 43.1 Å². The number of nitrogens with zero attached hydrogens (tertiary/aromatic N) is 3. The molecule has 1 aliphatic heterocycles.